The molecule has 1 aliphatic rings. The molecule has 2 N–H and O–H groups in total. The Morgan fingerprint density at radius 1 is 1.21 bits per heavy atom. The van der Waals surface area contributed by atoms with Crippen molar-refractivity contribution in [2.24, 2.45) is 0 Å². The van der Waals surface area contributed by atoms with Gasteiger partial charge in [0.25, 0.3) is 0 Å². The average Bonchev–Trinajstić information content (AvgIpc) is 2.69. The third-order valence-corrected chi connectivity index (χ3v) is 4.87. The molecule has 7 heteroatoms. The number of ether oxygens (including phenoxy) is 1. The van der Waals surface area contributed by atoms with E-state index in [1.807, 2.05) is 38.1 Å². The number of aromatic nitrogens is 2. The summed E-state index contributed by atoms with van der Waals surface area (Å²) in [6, 6.07) is 10.4. The lowest BCUT2D eigenvalue weighted by atomic mass is 10.1. The molecule has 0 spiro atoms. The molecule has 2 heterocycles. The van der Waals surface area contributed by atoms with Crippen molar-refractivity contribution in [1.82, 2.24) is 14.9 Å². The van der Waals surface area contributed by atoms with Gasteiger partial charge in [0.1, 0.15) is 5.82 Å². The lowest BCUT2D eigenvalue weighted by molar-refractivity contribution is 0.0983. The van der Waals surface area contributed by atoms with E-state index in [1.54, 1.807) is 4.90 Å². The summed E-state index contributed by atoms with van der Waals surface area (Å²) in [5.41, 5.74) is 3.16. The van der Waals surface area contributed by atoms with Crippen molar-refractivity contribution in [2.75, 3.05) is 30.3 Å². The van der Waals surface area contributed by atoms with Gasteiger partial charge in [-0.3, -0.25) is 0 Å². The molecule has 150 valence electrons. The summed E-state index contributed by atoms with van der Waals surface area (Å²) in [4.78, 5) is 22.8. The Bertz CT molecular complexity index is 803. The molecular weight excluding hydrogens is 354 g/mol. The van der Waals surface area contributed by atoms with E-state index in [9.17, 15) is 4.79 Å². The molecule has 1 amide bonds. The van der Waals surface area contributed by atoms with Crippen LogP contribution in [0.3, 0.4) is 0 Å². The Hall–Kier alpha value is -2.83. The quantitative estimate of drug-likeness (QED) is 0.781. The zero-order chi connectivity index (χ0) is 19.9. The number of carbonyl (C=O) groups is 1. The van der Waals surface area contributed by atoms with Gasteiger partial charge < -0.3 is 20.3 Å². The van der Waals surface area contributed by atoms with Gasteiger partial charge in [0.2, 0.25) is 5.95 Å². The number of piperidine rings is 1. The largest absolute Gasteiger partial charge is 0.450 e. The molecule has 1 saturated heterocycles. The molecule has 2 aromatic rings. The number of rotatable bonds is 6. The highest BCUT2D eigenvalue weighted by molar-refractivity contribution is 5.67. The fourth-order valence-electron chi connectivity index (χ4n) is 3.40. The van der Waals surface area contributed by atoms with Crippen LogP contribution in [-0.4, -0.2) is 46.7 Å². The van der Waals surface area contributed by atoms with E-state index in [2.05, 4.69) is 33.6 Å². The number of nitrogens with zero attached hydrogens (tertiary/aromatic N) is 3. The lowest BCUT2D eigenvalue weighted by Gasteiger charge is -2.31. The summed E-state index contributed by atoms with van der Waals surface area (Å²) in [6.45, 7) is 7.72. The minimum absolute atomic E-state index is 0.222. The minimum Gasteiger partial charge on any atom is -0.450 e. The molecule has 1 fully saturated rings. The smallest absolute Gasteiger partial charge is 0.409 e. The Labute approximate surface area is 166 Å². The number of anilines is 3. The van der Waals surface area contributed by atoms with Crippen molar-refractivity contribution in [3.63, 3.8) is 0 Å². The SMILES string of the molecule is CCOC(=O)N1CCC(Nc2cc(C)nc(Nc3ccccc3CC)n2)CC1. The molecule has 0 aliphatic carbocycles. The van der Waals surface area contributed by atoms with Crippen LogP contribution in [0.25, 0.3) is 0 Å². The molecule has 0 saturated carbocycles. The second-order valence-corrected chi connectivity index (χ2v) is 6.96. The zero-order valence-electron chi connectivity index (χ0n) is 16.9. The van der Waals surface area contributed by atoms with Gasteiger partial charge >= 0.3 is 6.09 Å². The molecule has 1 aromatic heterocycles. The summed E-state index contributed by atoms with van der Waals surface area (Å²) in [5.74, 6) is 1.39. The van der Waals surface area contributed by atoms with Gasteiger partial charge in [-0.2, -0.15) is 4.98 Å². The van der Waals surface area contributed by atoms with Crippen molar-refractivity contribution >= 4 is 23.5 Å². The molecule has 1 aromatic carbocycles. The first kappa shape index (κ1) is 19.9. The first-order valence-corrected chi connectivity index (χ1v) is 9.98. The highest BCUT2D eigenvalue weighted by Crippen LogP contribution is 2.22. The van der Waals surface area contributed by atoms with Crippen LogP contribution in [0.1, 0.15) is 37.9 Å². The molecule has 0 unspecified atom stereocenters. The lowest BCUT2D eigenvalue weighted by Crippen LogP contribution is -2.42. The molecule has 28 heavy (non-hydrogen) atoms. The fraction of sp³-hybridized carbons (Fsp3) is 0.476. The number of hydrogen-bond acceptors (Lipinski definition) is 6. The number of likely N-dealkylation sites (tertiary alicyclic amines) is 1. The third-order valence-electron chi connectivity index (χ3n) is 4.87. The maximum Gasteiger partial charge on any atom is 0.409 e. The number of aryl methyl sites for hydroxylation is 2. The van der Waals surface area contributed by atoms with Crippen LogP contribution in [0.2, 0.25) is 0 Å². The standard InChI is InChI=1S/C21H29N5O2/c1-4-16-8-6-7-9-18(16)24-20-22-15(3)14-19(25-20)23-17-10-12-26(13-11-17)21(27)28-5-2/h6-9,14,17H,4-5,10-13H2,1-3H3,(H2,22,23,24,25). The van der Waals surface area contributed by atoms with Gasteiger partial charge in [-0.1, -0.05) is 25.1 Å². The highest BCUT2D eigenvalue weighted by atomic mass is 16.6. The van der Waals surface area contributed by atoms with Crippen LogP contribution < -0.4 is 10.6 Å². The first-order chi connectivity index (χ1) is 13.6. The van der Waals surface area contributed by atoms with Gasteiger partial charge in [0.15, 0.2) is 0 Å². The summed E-state index contributed by atoms with van der Waals surface area (Å²) >= 11 is 0. The maximum absolute atomic E-state index is 11.8. The van der Waals surface area contributed by atoms with Crippen LogP contribution in [0, 0.1) is 6.92 Å². The second-order valence-electron chi connectivity index (χ2n) is 6.96. The Morgan fingerprint density at radius 3 is 2.68 bits per heavy atom. The Balaban J connectivity index is 1.63. The summed E-state index contributed by atoms with van der Waals surface area (Å²) in [6.07, 6.45) is 2.45. The first-order valence-electron chi connectivity index (χ1n) is 9.98. The molecule has 0 atom stereocenters. The van der Waals surface area contributed by atoms with E-state index in [-0.39, 0.29) is 12.1 Å². The Morgan fingerprint density at radius 2 is 1.96 bits per heavy atom. The third kappa shape index (κ3) is 5.12. The monoisotopic (exact) mass is 383 g/mol. The zero-order valence-corrected chi connectivity index (χ0v) is 16.9. The summed E-state index contributed by atoms with van der Waals surface area (Å²) in [5, 5.41) is 6.84. The van der Waals surface area contributed by atoms with Crippen molar-refractivity contribution in [2.45, 2.75) is 46.1 Å². The maximum atomic E-state index is 11.8. The second kappa shape index (κ2) is 9.39. The molecule has 0 bridgehead atoms. The molecule has 3 rings (SSSR count). The van der Waals surface area contributed by atoms with E-state index in [4.69, 9.17) is 4.74 Å². The van der Waals surface area contributed by atoms with Crippen molar-refractivity contribution < 1.29 is 9.53 Å². The van der Waals surface area contributed by atoms with Crippen LogP contribution in [0.4, 0.5) is 22.2 Å². The summed E-state index contributed by atoms with van der Waals surface area (Å²) in [7, 11) is 0. The van der Waals surface area contributed by atoms with Crippen molar-refractivity contribution in [1.29, 1.82) is 0 Å². The predicted octanol–water partition coefficient (Wildman–Crippen LogP) is 4.12. The van der Waals surface area contributed by atoms with Gasteiger partial charge in [0.05, 0.1) is 6.61 Å². The van der Waals surface area contributed by atoms with Gasteiger partial charge in [-0.15, -0.1) is 0 Å². The number of para-hydroxylation sites is 1. The van der Waals surface area contributed by atoms with E-state index in [0.29, 0.717) is 25.6 Å². The van der Waals surface area contributed by atoms with Crippen LogP contribution >= 0.6 is 0 Å². The molecule has 1 aliphatic heterocycles. The Kier molecular flexibility index (Phi) is 6.68. The van der Waals surface area contributed by atoms with Gasteiger partial charge in [-0.05, 0) is 44.7 Å². The number of carbonyl (C=O) groups excluding carboxylic acids is 1. The van der Waals surface area contributed by atoms with Crippen LogP contribution in [0.5, 0.6) is 0 Å². The van der Waals surface area contributed by atoms with Crippen molar-refractivity contribution in [3.05, 3.63) is 41.6 Å². The number of benzene rings is 1. The molecule has 7 nitrogen and oxygen atoms in total. The van der Waals surface area contributed by atoms with E-state index in [0.717, 1.165) is 36.5 Å². The number of amides is 1. The van der Waals surface area contributed by atoms with Gasteiger partial charge in [-0.25, -0.2) is 9.78 Å². The minimum atomic E-state index is -0.222. The summed E-state index contributed by atoms with van der Waals surface area (Å²) < 4.78 is 5.08. The van der Waals surface area contributed by atoms with Crippen molar-refractivity contribution in [3.8, 4) is 0 Å². The molecular formula is C21H29N5O2. The van der Waals surface area contributed by atoms with E-state index < -0.39 is 0 Å². The van der Waals surface area contributed by atoms with E-state index in [1.165, 1.54) is 5.56 Å². The number of nitrogens with one attached hydrogen (secondary N) is 2. The average molecular weight is 383 g/mol. The molecule has 0 radical (unpaired) electrons. The predicted molar refractivity (Wildman–Crippen MR) is 111 cm³/mol. The highest BCUT2D eigenvalue weighted by Gasteiger charge is 2.23. The normalized spacial score (nSPS) is 14.6. The van der Waals surface area contributed by atoms with Crippen LogP contribution in [0.15, 0.2) is 30.3 Å². The van der Waals surface area contributed by atoms with Gasteiger partial charge in [0, 0.05) is 36.6 Å². The topological polar surface area (TPSA) is 79.4 Å². The number of hydrogen-bond donors (Lipinski definition) is 2. The fourth-order valence-corrected chi connectivity index (χ4v) is 3.40. The van der Waals surface area contributed by atoms with E-state index >= 15 is 0 Å². The van der Waals surface area contributed by atoms with Crippen LogP contribution in [-0.2, 0) is 11.2 Å².